The van der Waals surface area contributed by atoms with Gasteiger partial charge in [-0.05, 0) is 30.5 Å². The molecule has 0 radical (unpaired) electrons. The summed E-state index contributed by atoms with van der Waals surface area (Å²) in [7, 11) is 0. The second kappa shape index (κ2) is 7.95. The van der Waals surface area contributed by atoms with Gasteiger partial charge < -0.3 is 5.32 Å². The first-order chi connectivity index (χ1) is 13.3. The van der Waals surface area contributed by atoms with E-state index in [1.165, 1.54) is 0 Å². The molecule has 0 saturated carbocycles. The van der Waals surface area contributed by atoms with Crippen molar-refractivity contribution < 1.29 is 14.0 Å². The minimum atomic E-state index is -0.725. The van der Waals surface area contributed by atoms with E-state index in [0.717, 1.165) is 11.0 Å². The molecule has 1 N–H and O–H groups in total. The van der Waals surface area contributed by atoms with Gasteiger partial charge in [0.25, 0.3) is 11.8 Å². The third-order valence-corrected chi connectivity index (χ3v) is 4.72. The normalized spacial score (nSPS) is 14.2. The molecule has 1 aliphatic heterocycles. The fraction of sp³-hybridized carbons (Fsp3) is 0.300. The first-order valence-electron chi connectivity index (χ1n) is 8.79. The predicted molar refractivity (Wildman–Crippen MR) is 103 cm³/mol. The number of hydrogen-bond acceptors (Lipinski definition) is 5. The summed E-state index contributed by atoms with van der Waals surface area (Å²) in [5.74, 6) is -1.38. The molecule has 0 spiro atoms. The van der Waals surface area contributed by atoms with Crippen LogP contribution >= 0.6 is 11.6 Å². The van der Waals surface area contributed by atoms with Gasteiger partial charge >= 0.3 is 0 Å². The Balaban J connectivity index is 1.85. The highest BCUT2D eigenvalue weighted by Crippen LogP contribution is 2.25. The number of halogens is 2. The summed E-state index contributed by atoms with van der Waals surface area (Å²) in [6.45, 7) is 4.02. The molecule has 0 bridgehead atoms. The number of rotatable bonds is 6. The fourth-order valence-electron chi connectivity index (χ4n) is 3.21. The van der Waals surface area contributed by atoms with Crippen LogP contribution in [0.4, 0.5) is 10.2 Å². The summed E-state index contributed by atoms with van der Waals surface area (Å²) >= 11 is 5.91. The monoisotopic (exact) mass is 400 g/mol. The molecule has 0 fully saturated rings. The zero-order valence-electron chi connectivity index (χ0n) is 15.4. The van der Waals surface area contributed by atoms with Gasteiger partial charge in [0.05, 0.1) is 16.7 Å². The van der Waals surface area contributed by atoms with Crippen molar-refractivity contribution in [2.75, 3.05) is 11.9 Å². The fourth-order valence-corrected chi connectivity index (χ4v) is 3.39. The maximum absolute atomic E-state index is 14.3. The second-order valence-corrected chi connectivity index (χ2v) is 7.36. The van der Waals surface area contributed by atoms with E-state index in [9.17, 15) is 14.0 Å². The van der Waals surface area contributed by atoms with E-state index in [1.807, 2.05) is 13.8 Å². The molecule has 1 atom stereocenters. The van der Waals surface area contributed by atoms with Gasteiger partial charge in [-0.3, -0.25) is 14.5 Å². The highest BCUT2D eigenvalue weighted by molar-refractivity contribution is 6.30. The standard InChI is InChI=1S/C20H18ClFN4O2/c1-11(2)7-13(24-18-16(22)8-12(9-23)17(21)25-18)10-26-19(27)14-5-3-4-6-15(14)20(26)28/h3-6,8,11,13H,7,10H2,1-2H3,(H,24,25)/t13-/m0/s1. The Morgan fingerprint density at radius 2 is 1.86 bits per heavy atom. The van der Waals surface area contributed by atoms with Crippen LogP contribution in [0.2, 0.25) is 5.15 Å². The number of nitrogens with one attached hydrogen (secondary N) is 1. The lowest BCUT2D eigenvalue weighted by Gasteiger charge is -2.25. The van der Waals surface area contributed by atoms with Crippen molar-refractivity contribution in [3.05, 3.63) is 58.0 Å². The number of nitrogens with zero attached hydrogens (tertiary/aromatic N) is 3. The molecule has 0 saturated heterocycles. The van der Waals surface area contributed by atoms with Gasteiger partial charge in [-0.1, -0.05) is 37.6 Å². The largest absolute Gasteiger partial charge is 0.363 e. The van der Waals surface area contributed by atoms with Gasteiger partial charge in [0.15, 0.2) is 11.6 Å². The predicted octanol–water partition coefficient (Wildman–Crippen LogP) is 3.87. The molecule has 144 valence electrons. The smallest absolute Gasteiger partial charge is 0.261 e. The first-order valence-corrected chi connectivity index (χ1v) is 9.17. The van der Waals surface area contributed by atoms with Crippen LogP contribution in [-0.2, 0) is 0 Å². The number of imide groups is 1. The Kier molecular flexibility index (Phi) is 5.61. The van der Waals surface area contributed by atoms with E-state index < -0.39 is 11.9 Å². The average Bonchev–Trinajstić information content (AvgIpc) is 2.89. The van der Waals surface area contributed by atoms with Gasteiger partial charge in [0.2, 0.25) is 0 Å². The van der Waals surface area contributed by atoms with Crippen molar-refractivity contribution in [3.8, 4) is 6.07 Å². The Morgan fingerprint density at radius 3 is 2.39 bits per heavy atom. The summed E-state index contributed by atoms with van der Waals surface area (Å²) in [6, 6.07) is 8.97. The number of anilines is 1. The molecular weight excluding hydrogens is 383 g/mol. The molecule has 2 heterocycles. The van der Waals surface area contributed by atoms with Crippen LogP contribution in [0.15, 0.2) is 30.3 Å². The molecule has 1 aliphatic rings. The number of benzene rings is 1. The summed E-state index contributed by atoms with van der Waals surface area (Å²) in [6.07, 6.45) is 0.562. The molecule has 0 unspecified atom stereocenters. The van der Waals surface area contributed by atoms with Crippen LogP contribution in [-0.4, -0.2) is 34.3 Å². The third-order valence-electron chi connectivity index (χ3n) is 4.43. The van der Waals surface area contributed by atoms with E-state index in [0.29, 0.717) is 17.5 Å². The summed E-state index contributed by atoms with van der Waals surface area (Å²) in [5, 5.41) is 11.7. The van der Waals surface area contributed by atoms with E-state index in [-0.39, 0.29) is 40.8 Å². The number of amides is 2. The molecule has 6 nitrogen and oxygen atoms in total. The summed E-state index contributed by atoms with van der Waals surface area (Å²) in [5.41, 5.74) is 0.661. The molecule has 0 aliphatic carbocycles. The molecule has 1 aromatic carbocycles. The number of aromatic nitrogens is 1. The lowest BCUT2D eigenvalue weighted by molar-refractivity contribution is 0.0644. The van der Waals surface area contributed by atoms with Crippen LogP contribution in [0.3, 0.4) is 0 Å². The van der Waals surface area contributed by atoms with E-state index in [2.05, 4.69) is 10.3 Å². The maximum atomic E-state index is 14.3. The lowest BCUT2D eigenvalue weighted by atomic mass is 10.0. The zero-order chi connectivity index (χ0) is 20.4. The van der Waals surface area contributed by atoms with Crippen LogP contribution in [0, 0.1) is 23.1 Å². The SMILES string of the molecule is CC(C)C[C@@H](CN1C(=O)c2ccccc2C1=O)Nc1nc(Cl)c(C#N)cc1F. The number of carbonyl (C=O) groups excluding carboxylic acids is 2. The Morgan fingerprint density at radius 1 is 1.25 bits per heavy atom. The van der Waals surface area contributed by atoms with Crippen molar-refractivity contribution in [2.24, 2.45) is 5.92 Å². The summed E-state index contributed by atoms with van der Waals surface area (Å²) in [4.78, 5) is 30.3. The van der Waals surface area contributed by atoms with Crippen LogP contribution in [0.5, 0.6) is 0 Å². The number of fused-ring (bicyclic) bond motifs is 1. The number of carbonyl (C=O) groups is 2. The van der Waals surface area contributed by atoms with Crippen LogP contribution in [0.1, 0.15) is 46.5 Å². The molecule has 2 amide bonds. The van der Waals surface area contributed by atoms with Crippen LogP contribution < -0.4 is 5.32 Å². The topological polar surface area (TPSA) is 86.1 Å². The third kappa shape index (κ3) is 3.82. The number of nitriles is 1. The minimum absolute atomic E-state index is 0.0588. The quantitative estimate of drug-likeness (QED) is 0.587. The Bertz CT molecular complexity index is 952. The van der Waals surface area contributed by atoms with Crippen LogP contribution in [0.25, 0.3) is 0 Å². The number of pyridine rings is 1. The maximum Gasteiger partial charge on any atom is 0.261 e. The highest BCUT2D eigenvalue weighted by atomic mass is 35.5. The van der Waals surface area contributed by atoms with E-state index in [4.69, 9.17) is 16.9 Å². The molecule has 3 rings (SSSR count). The zero-order valence-corrected chi connectivity index (χ0v) is 16.1. The summed E-state index contributed by atoms with van der Waals surface area (Å²) < 4.78 is 14.3. The van der Waals surface area contributed by atoms with Crippen molar-refractivity contribution in [1.29, 1.82) is 5.26 Å². The van der Waals surface area contributed by atoms with E-state index >= 15 is 0 Å². The second-order valence-electron chi connectivity index (χ2n) is 7.01. The molecule has 2 aromatic rings. The average molecular weight is 401 g/mol. The van der Waals surface area contributed by atoms with Gasteiger partial charge in [-0.15, -0.1) is 0 Å². The first kappa shape index (κ1) is 19.8. The van der Waals surface area contributed by atoms with Gasteiger partial charge in [-0.25, -0.2) is 9.37 Å². The molecular formula is C20H18ClFN4O2. The Hall–Kier alpha value is -2.98. The minimum Gasteiger partial charge on any atom is -0.363 e. The molecule has 28 heavy (non-hydrogen) atoms. The van der Waals surface area contributed by atoms with Crippen molar-refractivity contribution in [3.63, 3.8) is 0 Å². The number of hydrogen-bond donors (Lipinski definition) is 1. The van der Waals surface area contributed by atoms with E-state index in [1.54, 1.807) is 30.3 Å². The van der Waals surface area contributed by atoms with Crippen molar-refractivity contribution in [2.45, 2.75) is 26.3 Å². The van der Waals surface area contributed by atoms with Gasteiger partial charge in [0, 0.05) is 12.6 Å². The molecule has 1 aromatic heterocycles. The Labute approximate surface area is 166 Å². The van der Waals surface area contributed by atoms with Gasteiger partial charge in [-0.2, -0.15) is 5.26 Å². The highest BCUT2D eigenvalue weighted by Gasteiger charge is 2.36. The van der Waals surface area contributed by atoms with Gasteiger partial charge in [0.1, 0.15) is 11.2 Å². The van der Waals surface area contributed by atoms with Crippen molar-refractivity contribution >= 4 is 29.2 Å². The van der Waals surface area contributed by atoms with Crippen molar-refractivity contribution in [1.82, 2.24) is 9.88 Å². The molecule has 8 heteroatoms. The lowest BCUT2D eigenvalue weighted by Crippen LogP contribution is -2.41.